The Labute approximate surface area is 157 Å². The largest absolute Gasteiger partial charge is 0.412 e. The fourth-order valence-corrected chi connectivity index (χ4v) is 4.56. The first kappa shape index (κ1) is 23.2. The Morgan fingerprint density at radius 3 is 2.27 bits per heavy atom. The summed E-state index contributed by atoms with van der Waals surface area (Å²) in [6.07, 6.45) is 0.384. The first-order valence-corrected chi connectivity index (χ1v) is 13.8. The van der Waals surface area contributed by atoms with Crippen LogP contribution in [0, 0.1) is 0 Å². The number of benzene rings is 1. The monoisotopic (exact) mass is 402 g/mol. The van der Waals surface area contributed by atoms with E-state index in [1.807, 2.05) is 30.3 Å². The van der Waals surface area contributed by atoms with E-state index in [0.717, 1.165) is 5.56 Å². The molecule has 0 aliphatic heterocycles. The third kappa shape index (κ3) is 9.76. The maximum atomic E-state index is 12.1. The molecule has 8 heteroatoms. The summed E-state index contributed by atoms with van der Waals surface area (Å²) in [6.45, 7) is 7.22. The summed E-state index contributed by atoms with van der Waals surface area (Å²) in [5, 5.41) is 0. The molecule has 0 spiro atoms. The molecule has 1 rings (SSSR count). The molecule has 0 bridgehead atoms. The van der Waals surface area contributed by atoms with Crippen LogP contribution in [0.15, 0.2) is 30.3 Å². The lowest BCUT2D eigenvalue weighted by Gasteiger charge is -2.26. The molecule has 0 aliphatic carbocycles. The molecule has 0 aromatic heterocycles. The van der Waals surface area contributed by atoms with E-state index in [0.29, 0.717) is 19.6 Å². The molecular weight excluding hydrogens is 371 g/mol. The molecule has 6 nitrogen and oxygen atoms in total. The van der Waals surface area contributed by atoms with Gasteiger partial charge in [0.15, 0.2) is 8.32 Å². The van der Waals surface area contributed by atoms with Crippen molar-refractivity contribution in [2.24, 2.45) is 0 Å². The number of hydrogen-bond acceptors (Lipinski definition) is 6. The van der Waals surface area contributed by atoms with Crippen molar-refractivity contribution in [2.75, 3.05) is 27.0 Å². The number of ether oxygens (including phenoxy) is 1. The van der Waals surface area contributed by atoms with Crippen LogP contribution in [0.1, 0.15) is 18.4 Å². The number of carbonyl (C=O) groups excluding carboxylic acids is 1. The highest BCUT2D eigenvalue weighted by Crippen LogP contribution is 2.46. The first-order valence-electron chi connectivity index (χ1n) is 8.69. The number of rotatable bonds is 13. The normalized spacial score (nSPS) is 13.6. The SMILES string of the molecule is COP(=O)(CC(=O)CC[C@H](COCc1ccccc1)O[Si](C)(C)C)OC. The third-order valence-corrected chi connectivity index (χ3v) is 6.50. The highest BCUT2D eigenvalue weighted by atomic mass is 31.2. The van der Waals surface area contributed by atoms with Gasteiger partial charge in [0, 0.05) is 20.6 Å². The molecule has 0 N–H and O–H groups in total. The van der Waals surface area contributed by atoms with Gasteiger partial charge in [-0.25, -0.2) is 0 Å². The van der Waals surface area contributed by atoms with Crippen LogP contribution in [0.3, 0.4) is 0 Å². The van der Waals surface area contributed by atoms with E-state index >= 15 is 0 Å². The minimum Gasteiger partial charge on any atom is -0.412 e. The molecule has 0 fully saturated rings. The summed E-state index contributed by atoms with van der Waals surface area (Å²) < 4.78 is 33.6. The van der Waals surface area contributed by atoms with Gasteiger partial charge in [0.1, 0.15) is 11.9 Å². The van der Waals surface area contributed by atoms with Crippen LogP contribution < -0.4 is 0 Å². The van der Waals surface area contributed by atoms with E-state index in [2.05, 4.69) is 19.6 Å². The van der Waals surface area contributed by atoms with Crippen LogP contribution in [-0.4, -0.2) is 47.2 Å². The van der Waals surface area contributed by atoms with Crippen molar-refractivity contribution in [3.63, 3.8) is 0 Å². The van der Waals surface area contributed by atoms with Crippen molar-refractivity contribution < 1.29 is 27.6 Å². The summed E-state index contributed by atoms with van der Waals surface area (Å²) in [5.41, 5.74) is 1.09. The second-order valence-corrected chi connectivity index (χ2v) is 13.8. The Morgan fingerprint density at radius 2 is 1.73 bits per heavy atom. The first-order chi connectivity index (χ1) is 12.2. The molecule has 0 saturated heterocycles. The van der Waals surface area contributed by atoms with E-state index in [1.54, 1.807) is 0 Å². The number of hydrogen-bond donors (Lipinski definition) is 0. The number of carbonyl (C=O) groups is 1. The summed E-state index contributed by atoms with van der Waals surface area (Å²) >= 11 is 0. The number of Topliss-reactive ketones (excluding diaryl/α,β-unsaturated/α-hetero) is 1. The van der Waals surface area contributed by atoms with Gasteiger partial charge in [-0.05, 0) is 31.6 Å². The van der Waals surface area contributed by atoms with Crippen LogP contribution in [0.4, 0.5) is 0 Å². The molecule has 1 atom stereocenters. The van der Waals surface area contributed by atoms with Crippen LogP contribution >= 0.6 is 7.60 Å². The van der Waals surface area contributed by atoms with Crippen molar-refractivity contribution in [1.82, 2.24) is 0 Å². The van der Waals surface area contributed by atoms with Crippen molar-refractivity contribution in [3.8, 4) is 0 Å². The van der Waals surface area contributed by atoms with E-state index in [-0.39, 0.29) is 24.5 Å². The zero-order valence-corrected chi connectivity index (χ0v) is 18.3. The van der Waals surface area contributed by atoms with E-state index in [4.69, 9.17) is 18.2 Å². The molecule has 0 heterocycles. The van der Waals surface area contributed by atoms with Crippen molar-refractivity contribution in [1.29, 1.82) is 0 Å². The molecule has 0 amide bonds. The highest BCUT2D eigenvalue weighted by molar-refractivity contribution is 7.54. The zero-order chi connectivity index (χ0) is 19.6. The fraction of sp³-hybridized carbons (Fsp3) is 0.611. The van der Waals surface area contributed by atoms with Gasteiger partial charge in [-0.15, -0.1) is 0 Å². The topological polar surface area (TPSA) is 71.1 Å². The van der Waals surface area contributed by atoms with E-state index in [1.165, 1.54) is 14.2 Å². The summed E-state index contributed by atoms with van der Waals surface area (Å²) in [7, 11) is -2.52. The second kappa shape index (κ2) is 11.1. The van der Waals surface area contributed by atoms with Crippen molar-refractivity contribution in [2.45, 2.75) is 45.2 Å². The van der Waals surface area contributed by atoms with Gasteiger partial charge in [-0.1, -0.05) is 30.3 Å². The Balaban J connectivity index is 2.52. The Bertz CT molecular complexity index is 579. The van der Waals surface area contributed by atoms with Crippen molar-refractivity contribution in [3.05, 3.63) is 35.9 Å². The predicted octanol–water partition coefficient (Wildman–Crippen LogP) is 4.26. The maximum Gasteiger partial charge on any atom is 0.337 e. The van der Waals surface area contributed by atoms with Gasteiger partial charge >= 0.3 is 7.60 Å². The Hall–Kier alpha value is -0.823. The second-order valence-electron chi connectivity index (χ2n) is 7.06. The van der Waals surface area contributed by atoms with Gasteiger partial charge in [-0.2, -0.15) is 0 Å². The van der Waals surface area contributed by atoms with Crippen LogP contribution in [-0.2, 0) is 34.2 Å². The number of ketones is 1. The van der Waals surface area contributed by atoms with Gasteiger partial charge in [-0.3, -0.25) is 9.36 Å². The van der Waals surface area contributed by atoms with Crippen molar-refractivity contribution >= 4 is 21.7 Å². The molecule has 0 aliphatic rings. The smallest absolute Gasteiger partial charge is 0.337 e. The predicted molar refractivity (Wildman–Crippen MR) is 105 cm³/mol. The van der Waals surface area contributed by atoms with Gasteiger partial charge < -0.3 is 18.2 Å². The lowest BCUT2D eigenvalue weighted by atomic mass is 10.1. The standard InChI is InChI=1S/C18H31O6PSi/c1-21-25(20,22-2)15-17(19)11-12-18(24-26(3,4)5)14-23-13-16-9-7-6-8-10-16/h6-10,18H,11-15H2,1-5H3/t18-/m1/s1. The molecule has 148 valence electrons. The summed E-state index contributed by atoms with van der Waals surface area (Å²) in [5.74, 6) is -0.163. The molecule has 26 heavy (non-hydrogen) atoms. The summed E-state index contributed by atoms with van der Waals surface area (Å²) in [4.78, 5) is 12.1. The minimum atomic E-state index is -3.31. The average Bonchev–Trinajstić information content (AvgIpc) is 2.59. The molecule has 0 radical (unpaired) electrons. The zero-order valence-electron chi connectivity index (χ0n) is 16.4. The lowest BCUT2D eigenvalue weighted by molar-refractivity contribution is -0.117. The molecule has 0 saturated carbocycles. The fourth-order valence-electron chi connectivity index (χ4n) is 2.38. The summed E-state index contributed by atoms with van der Waals surface area (Å²) in [6, 6.07) is 9.91. The molecular formula is C18H31O6PSi. The van der Waals surface area contributed by atoms with Gasteiger partial charge in [0.25, 0.3) is 0 Å². The quantitative estimate of drug-likeness (QED) is 0.363. The van der Waals surface area contributed by atoms with Gasteiger partial charge in [0.2, 0.25) is 0 Å². The third-order valence-electron chi connectivity index (χ3n) is 3.61. The Kier molecular flexibility index (Phi) is 9.93. The minimum absolute atomic E-state index is 0.163. The Morgan fingerprint density at radius 1 is 1.12 bits per heavy atom. The highest BCUT2D eigenvalue weighted by Gasteiger charge is 2.27. The van der Waals surface area contributed by atoms with Crippen LogP contribution in [0.25, 0.3) is 0 Å². The molecule has 1 aromatic rings. The lowest BCUT2D eigenvalue weighted by Crippen LogP contribution is -2.35. The maximum absolute atomic E-state index is 12.1. The van der Waals surface area contributed by atoms with E-state index < -0.39 is 15.9 Å². The van der Waals surface area contributed by atoms with Crippen LogP contribution in [0.2, 0.25) is 19.6 Å². The van der Waals surface area contributed by atoms with Crippen LogP contribution in [0.5, 0.6) is 0 Å². The molecule has 1 aromatic carbocycles. The van der Waals surface area contributed by atoms with E-state index in [9.17, 15) is 9.36 Å². The van der Waals surface area contributed by atoms with Gasteiger partial charge in [0.05, 0.1) is 19.3 Å². The average molecular weight is 403 g/mol. The molecule has 0 unspecified atom stereocenters.